The van der Waals surface area contributed by atoms with Crippen LogP contribution >= 0.6 is 7.14 Å². The smallest absolute Gasteiger partial charge is 0.230 e. The number of amides is 1. The molecule has 2 rings (SSSR count). The van der Waals surface area contributed by atoms with Gasteiger partial charge in [0.2, 0.25) is 5.91 Å². The highest BCUT2D eigenvalue weighted by molar-refractivity contribution is 7.74. The van der Waals surface area contributed by atoms with Crippen molar-refractivity contribution >= 4 is 18.4 Å². The Bertz CT molecular complexity index is 782. The van der Waals surface area contributed by atoms with E-state index in [1.165, 1.54) is 0 Å². The van der Waals surface area contributed by atoms with Crippen LogP contribution in [-0.2, 0) is 9.36 Å². The molecule has 3 atom stereocenters. The van der Waals surface area contributed by atoms with Gasteiger partial charge in [-0.05, 0) is 31.9 Å². The molecule has 30 heavy (non-hydrogen) atoms. The molecule has 172 valence electrons. The summed E-state index contributed by atoms with van der Waals surface area (Å²) >= 11 is 0. The summed E-state index contributed by atoms with van der Waals surface area (Å²) in [5.74, 6) is -0.0313. The van der Waals surface area contributed by atoms with Crippen LogP contribution in [0.5, 0.6) is 11.5 Å². The zero-order valence-electron chi connectivity index (χ0n) is 20.2. The fourth-order valence-electron chi connectivity index (χ4n) is 3.58. The average Bonchev–Trinajstić information content (AvgIpc) is 3.02. The molecular formula is C23H40NO5P. The normalized spacial score (nSPS) is 21.8. The molecule has 1 heterocycles. The van der Waals surface area contributed by atoms with Crippen molar-refractivity contribution in [1.29, 1.82) is 0 Å². The molecule has 1 aromatic rings. The first-order chi connectivity index (χ1) is 13.8. The summed E-state index contributed by atoms with van der Waals surface area (Å²) in [7, 11) is -1.69. The van der Waals surface area contributed by atoms with E-state index in [0.717, 1.165) is 0 Å². The summed E-state index contributed by atoms with van der Waals surface area (Å²) in [6.45, 7) is 16.9. The number of rotatable bonds is 6. The Hall–Kier alpha value is -1.52. The molecule has 7 heteroatoms. The molecule has 0 radical (unpaired) electrons. The van der Waals surface area contributed by atoms with Gasteiger partial charge in [-0.25, -0.2) is 0 Å². The van der Waals surface area contributed by atoms with Crippen molar-refractivity contribution in [3.8, 4) is 11.5 Å². The van der Waals surface area contributed by atoms with Crippen molar-refractivity contribution in [2.75, 3.05) is 13.7 Å². The van der Waals surface area contributed by atoms with E-state index in [4.69, 9.17) is 9.47 Å². The summed E-state index contributed by atoms with van der Waals surface area (Å²) in [5, 5.41) is 12.4. The lowest BCUT2D eigenvalue weighted by atomic mass is 9.91. The van der Waals surface area contributed by atoms with E-state index < -0.39 is 23.6 Å². The summed E-state index contributed by atoms with van der Waals surface area (Å²) in [6.07, 6.45) is 0. The third kappa shape index (κ3) is 4.55. The average molecular weight is 442 g/mol. The highest BCUT2D eigenvalue weighted by Gasteiger charge is 2.61. The number of methoxy groups -OCH3 is 1. The molecular weight excluding hydrogens is 401 g/mol. The molecule has 0 fully saturated rings. The van der Waals surface area contributed by atoms with Crippen LogP contribution in [-0.4, -0.2) is 41.8 Å². The molecule has 0 bridgehead atoms. The number of hydrogen-bond acceptors (Lipinski definition) is 5. The Kier molecular flexibility index (Phi) is 8.61. The predicted molar refractivity (Wildman–Crippen MR) is 123 cm³/mol. The molecule has 0 aromatic heterocycles. The summed E-state index contributed by atoms with van der Waals surface area (Å²) in [5.41, 5.74) is -1.09. The lowest BCUT2D eigenvalue weighted by molar-refractivity contribution is -0.133. The van der Waals surface area contributed by atoms with Gasteiger partial charge in [-0.2, -0.15) is 0 Å². The van der Waals surface area contributed by atoms with Crippen LogP contribution in [0.15, 0.2) is 18.2 Å². The van der Waals surface area contributed by atoms with Crippen molar-refractivity contribution in [2.24, 2.45) is 11.3 Å². The van der Waals surface area contributed by atoms with Crippen molar-refractivity contribution in [3.05, 3.63) is 18.2 Å². The monoisotopic (exact) mass is 441 g/mol. The van der Waals surface area contributed by atoms with E-state index in [1.807, 2.05) is 48.5 Å². The minimum Gasteiger partial charge on any atom is -0.496 e. The second-order valence-electron chi connectivity index (χ2n) is 9.33. The van der Waals surface area contributed by atoms with Crippen LogP contribution < -0.4 is 20.1 Å². The summed E-state index contributed by atoms with van der Waals surface area (Å²) in [4.78, 5) is 13.2. The van der Waals surface area contributed by atoms with Gasteiger partial charge in [0.05, 0.1) is 30.5 Å². The van der Waals surface area contributed by atoms with Crippen LogP contribution in [0.4, 0.5) is 0 Å². The molecule has 6 nitrogen and oxygen atoms in total. The van der Waals surface area contributed by atoms with Crippen molar-refractivity contribution in [2.45, 2.75) is 79.4 Å². The van der Waals surface area contributed by atoms with Gasteiger partial charge in [0.1, 0.15) is 11.5 Å². The molecule has 0 saturated heterocycles. The lowest BCUT2D eigenvalue weighted by Gasteiger charge is -2.39. The van der Waals surface area contributed by atoms with Crippen LogP contribution in [0.1, 0.15) is 62.3 Å². The van der Waals surface area contributed by atoms with Gasteiger partial charge in [0.25, 0.3) is 0 Å². The Morgan fingerprint density at radius 3 is 2.23 bits per heavy atom. The number of aliphatic hydroxyl groups is 1. The van der Waals surface area contributed by atoms with Gasteiger partial charge in [-0.15, -0.1) is 0 Å². The van der Waals surface area contributed by atoms with Gasteiger partial charge in [0, 0.05) is 5.16 Å². The maximum absolute atomic E-state index is 14.6. The fourth-order valence-corrected chi connectivity index (χ4v) is 7.42. The molecule has 0 spiro atoms. The third-order valence-corrected chi connectivity index (χ3v) is 10.1. The quantitative estimate of drug-likeness (QED) is 0.640. The van der Waals surface area contributed by atoms with E-state index in [9.17, 15) is 14.5 Å². The maximum Gasteiger partial charge on any atom is 0.230 e. The number of nitrogens with one attached hydrogen (secondary N) is 1. The summed E-state index contributed by atoms with van der Waals surface area (Å²) < 4.78 is 26.3. The summed E-state index contributed by atoms with van der Waals surface area (Å²) in [6, 6.07) is 4.96. The van der Waals surface area contributed by atoms with E-state index >= 15 is 0 Å². The van der Waals surface area contributed by atoms with E-state index in [0.29, 0.717) is 16.8 Å². The number of carbonyl (C=O) groups is 1. The number of aliphatic hydroxyl groups excluding tert-OH is 1. The second-order valence-corrected chi connectivity index (χ2v) is 12.9. The molecule has 2 unspecified atom stereocenters. The van der Waals surface area contributed by atoms with Gasteiger partial charge in [0.15, 0.2) is 13.0 Å². The van der Waals surface area contributed by atoms with Gasteiger partial charge in [-0.1, -0.05) is 54.5 Å². The predicted octanol–water partition coefficient (Wildman–Crippen LogP) is 4.39. The number of hydrogen-bond donors (Lipinski definition) is 2. The zero-order valence-corrected chi connectivity index (χ0v) is 21.1. The number of fused-ring (bicyclic) bond motifs is 1. The largest absolute Gasteiger partial charge is 0.496 e. The minimum atomic E-state index is -3.23. The molecule has 0 saturated carbocycles. The Morgan fingerprint density at radius 2 is 1.80 bits per heavy atom. The highest BCUT2D eigenvalue weighted by Crippen LogP contribution is 2.70. The van der Waals surface area contributed by atoms with E-state index in [1.54, 1.807) is 39.2 Å². The lowest BCUT2D eigenvalue weighted by Crippen LogP contribution is -2.52. The van der Waals surface area contributed by atoms with E-state index in [2.05, 4.69) is 5.32 Å². The minimum absolute atomic E-state index is 0.0703. The highest BCUT2D eigenvalue weighted by atomic mass is 31.2. The van der Waals surface area contributed by atoms with Crippen LogP contribution in [0.25, 0.3) is 0 Å². The van der Waals surface area contributed by atoms with Gasteiger partial charge >= 0.3 is 0 Å². The first-order valence-corrected chi connectivity index (χ1v) is 12.5. The zero-order chi connectivity index (χ0) is 23.5. The Labute approximate surface area is 182 Å². The van der Waals surface area contributed by atoms with Gasteiger partial charge < -0.3 is 24.5 Å². The standard InChI is InChI=1S/C21H34NO5P.C2H6/c1-13(2)14(12-23)22-18(24)21(6,7)19-27-16-11-9-10-15(26-8)17(16)28(19,25)20(3,4)5;1-2/h9-11,13-14,19,23H,12H2,1-8H3,(H,22,24);1-2H3/t14?,19-,28?;/m0./s1. The topological polar surface area (TPSA) is 84.9 Å². The molecule has 2 N–H and O–H groups in total. The molecule has 1 aromatic carbocycles. The Balaban J connectivity index is 0.00000218. The number of ether oxygens (including phenoxy) is 2. The molecule has 1 aliphatic heterocycles. The second kappa shape index (κ2) is 9.74. The maximum atomic E-state index is 14.6. The van der Waals surface area contributed by atoms with Crippen molar-refractivity contribution in [3.63, 3.8) is 0 Å². The molecule has 1 aliphatic rings. The fraction of sp³-hybridized carbons (Fsp3) is 0.696. The van der Waals surface area contributed by atoms with Crippen LogP contribution in [0.3, 0.4) is 0 Å². The third-order valence-electron chi connectivity index (χ3n) is 5.60. The van der Waals surface area contributed by atoms with Gasteiger partial charge in [-0.3, -0.25) is 4.79 Å². The SMILES string of the molecule is CC.COc1cccc2c1P(=O)(C(C)(C)C)[C@@H](C(C)(C)C(=O)NC(CO)C(C)C)O2. The Morgan fingerprint density at radius 1 is 1.23 bits per heavy atom. The first kappa shape index (κ1) is 26.5. The first-order valence-electron chi connectivity index (χ1n) is 10.7. The molecule has 0 aliphatic carbocycles. The van der Waals surface area contributed by atoms with Crippen LogP contribution in [0, 0.1) is 11.3 Å². The number of carbonyl (C=O) groups excluding carboxylic acids is 1. The van der Waals surface area contributed by atoms with Crippen molar-refractivity contribution < 1.29 is 23.9 Å². The molecule has 1 amide bonds. The van der Waals surface area contributed by atoms with Crippen LogP contribution in [0.2, 0.25) is 0 Å². The van der Waals surface area contributed by atoms with Crippen molar-refractivity contribution in [1.82, 2.24) is 5.32 Å². The number of benzene rings is 1. The van der Waals surface area contributed by atoms with E-state index in [-0.39, 0.29) is 24.5 Å².